The van der Waals surface area contributed by atoms with E-state index < -0.39 is 22.5 Å². The van der Waals surface area contributed by atoms with Crippen LogP contribution < -0.4 is 14.4 Å². The highest BCUT2D eigenvalue weighted by molar-refractivity contribution is 7.92. The summed E-state index contributed by atoms with van der Waals surface area (Å²) >= 11 is 6.24. The summed E-state index contributed by atoms with van der Waals surface area (Å²) in [5, 5.41) is 2.93. The Balaban J connectivity index is 1.69. The van der Waals surface area contributed by atoms with Crippen molar-refractivity contribution < 1.29 is 17.9 Å². The highest BCUT2D eigenvalue weighted by Gasteiger charge is 2.28. The van der Waals surface area contributed by atoms with E-state index in [1.54, 1.807) is 42.5 Å². The summed E-state index contributed by atoms with van der Waals surface area (Å²) in [5.41, 5.74) is 1.36. The van der Waals surface area contributed by atoms with Gasteiger partial charge in [-0.25, -0.2) is 8.42 Å². The second kappa shape index (κ2) is 10.3. The number of rotatable bonds is 9. The largest absolute Gasteiger partial charge is 0.492 e. The predicted octanol–water partition coefficient (Wildman–Crippen LogP) is 4.04. The van der Waals surface area contributed by atoms with Gasteiger partial charge in [0.15, 0.2) is 0 Å². The fourth-order valence-electron chi connectivity index (χ4n) is 2.85. The first-order valence-corrected chi connectivity index (χ1v) is 11.5. The molecule has 0 heterocycles. The topological polar surface area (TPSA) is 75.7 Å². The summed E-state index contributed by atoms with van der Waals surface area (Å²) in [7, 11) is -3.99. The molecule has 3 rings (SSSR count). The van der Waals surface area contributed by atoms with Gasteiger partial charge in [-0.1, -0.05) is 59.6 Å². The molecule has 0 saturated heterocycles. The summed E-state index contributed by atoms with van der Waals surface area (Å²) < 4.78 is 33.1. The van der Waals surface area contributed by atoms with Crippen LogP contribution in [-0.2, 0) is 14.8 Å². The second-order valence-corrected chi connectivity index (χ2v) is 9.06. The Morgan fingerprint density at radius 2 is 1.61 bits per heavy atom. The standard InChI is InChI=1S/C23H23ClN2O4S/c1-18-11-13-19(14-12-18)30-16-15-25-23(27)17-26(22-10-6-5-9-21(22)24)31(28,29)20-7-3-2-4-8-20/h2-14H,15-17H2,1H3,(H,25,27). The van der Waals surface area contributed by atoms with Crippen molar-refractivity contribution in [1.82, 2.24) is 5.32 Å². The lowest BCUT2D eigenvalue weighted by Gasteiger charge is -2.25. The van der Waals surface area contributed by atoms with Crippen molar-refractivity contribution in [3.05, 3.63) is 89.4 Å². The number of halogens is 1. The summed E-state index contributed by atoms with van der Waals surface area (Å²) in [5.74, 6) is 0.233. The number of carbonyl (C=O) groups is 1. The highest BCUT2D eigenvalue weighted by Crippen LogP contribution is 2.30. The van der Waals surface area contributed by atoms with E-state index in [4.69, 9.17) is 16.3 Å². The number of hydrogen-bond acceptors (Lipinski definition) is 4. The van der Waals surface area contributed by atoms with Crippen molar-refractivity contribution in [2.75, 3.05) is 24.0 Å². The van der Waals surface area contributed by atoms with Gasteiger partial charge in [0.05, 0.1) is 22.2 Å². The van der Waals surface area contributed by atoms with Gasteiger partial charge in [-0.05, 0) is 43.3 Å². The van der Waals surface area contributed by atoms with Crippen molar-refractivity contribution >= 4 is 33.2 Å². The Kier molecular flexibility index (Phi) is 7.55. The van der Waals surface area contributed by atoms with Gasteiger partial charge in [-0.15, -0.1) is 0 Å². The molecule has 3 aromatic rings. The average molecular weight is 459 g/mol. The van der Waals surface area contributed by atoms with Gasteiger partial charge in [0, 0.05) is 0 Å². The number of ether oxygens (including phenoxy) is 1. The number of benzene rings is 3. The van der Waals surface area contributed by atoms with Crippen molar-refractivity contribution in [3.8, 4) is 5.75 Å². The van der Waals surface area contributed by atoms with E-state index in [1.165, 1.54) is 12.1 Å². The number of hydrogen-bond donors (Lipinski definition) is 1. The predicted molar refractivity (Wildman–Crippen MR) is 122 cm³/mol. The minimum Gasteiger partial charge on any atom is -0.492 e. The first-order chi connectivity index (χ1) is 14.9. The lowest BCUT2D eigenvalue weighted by molar-refractivity contribution is -0.119. The van der Waals surface area contributed by atoms with Crippen LogP contribution in [0.5, 0.6) is 5.75 Å². The molecule has 8 heteroatoms. The number of nitrogens with zero attached hydrogens (tertiary/aromatic N) is 1. The Hall–Kier alpha value is -3.03. The first-order valence-electron chi connectivity index (χ1n) is 9.66. The van der Waals surface area contributed by atoms with Crippen molar-refractivity contribution in [2.24, 2.45) is 0 Å². The molecule has 0 aromatic heterocycles. The molecular weight excluding hydrogens is 436 g/mol. The number of para-hydroxylation sites is 1. The number of amides is 1. The Bertz CT molecular complexity index is 1120. The van der Waals surface area contributed by atoms with Crippen molar-refractivity contribution in [3.63, 3.8) is 0 Å². The van der Waals surface area contributed by atoms with E-state index >= 15 is 0 Å². The SMILES string of the molecule is Cc1ccc(OCCNC(=O)CN(c2ccccc2Cl)S(=O)(=O)c2ccccc2)cc1. The number of anilines is 1. The summed E-state index contributed by atoms with van der Waals surface area (Å²) in [6.07, 6.45) is 0. The van der Waals surface area contributed by atoms with Gasteiger partial charge in [-0.2, -0.15) is 0 Å². The third kappa shape index (κ3) is 5.99. The molecule has 0 aliphatic heterocycles. The van der Waals surface area contributed by atoms with Crippen LogP contribution in [0.4, 0.5) is 5.69 Å². The van der Waals surface area contributed by atoms with Gasteiger partial charge < -0.3 is 10.1 Å². The van der Waals surface area contributed by atoms with E-state index in [-0.39, 0.29) is 28.8 Å². The fourth-order valence-corrected chi connectivity index (χ4v) is 4.60. The Morgan fingerprint density at radius 1 is 0.968 bits per heavy atom. The van der Waals surface area contributed by atoms with Gasteiger partial charge >= 0.3 is 0 Å². The molecule has 3 aromatic carbocycles. The van der Waals surface area contributed by atoms with E-state index in [1.807, 2.05) is 31.2 Å². The molecule has 6 nitrogen and oxygen atoms in total. The second-order valence-electron chi connectivity index (χ2n) is 6.79. The molecule has 1 N–H and O–H groups in total. The maximum absolute atomic E-state index is 13.2. The zero-order valence-electron chi connectivity index (χ0n) is 17.0. The van der Waals surface area contributed by atoms with E-state index in [9.17, 15) is 13.2 Å². The fraction of sp³-hybridized carbons (Fsp3) is 0.174. The molecule has 0 atom stereocenters. The van der Waals surface area contributed by atoms with Gasteiger partial charge in [0.25, 0.3) is 10.0 Å². The van der Waals surface area contributed by atoms with Crippen LogP contribution >= 0.6 is 11.6 Å². The van der Waals surface area contributed by atoms with Crippen LogP contribution in [0, 0.1) is 6.92 Å². The van der Waals surface area contributed by atoms with E-state index in [2.05, 4.69) is 5.32 Å². The minimum atomic E-state index is -3.99. The number of carbonyl (C=O) groups excluding carboxylic acids is 1. The van der Waals surface area contributed by atoms with Crippen LogP contribution in [0.1, 0.15) is 5.56 Å². The average Bonchev–Trinajstić information content (AvgIpc) is 2.77. The molecule has 0 aliphatic rings. The normalized spacial score (nSPS) is 11.0. The van der Waals surface area contributed by atoms with E-state index in [0.29, 0.717) is 5.75 Å². The summed E-state index contributed by atoms with van der Waals surface area (Å²) in [6.45, 7) is 2.06. The number of nitrogens with one attached hydrogen (secondary N) is 1. The molecule has 0 spiro atoms. The van der Waals surface area contributed by atoms with Crippen LogP contribution in [0.25, 0.3) is 0 Å². The molecule has 1 amide bonds. The van der Waals surface area contributed by atoms with Crippen molar-refractivity contribution in [1.29, 1.82) is 0 Å². The van der Waals surface area contributed by atoms with Gasteiger partial charge in [-0.3, -0.25) is 9.10 Å². The highest BCUT2D eigenvalue weighted by atomic mass is 35.5. The maximum atomic E-state index is 13.2. The molecular formula is C23H23ClN2O4S. The zero-order valence-corrected chi connectivity index (χ0v) is 18.6. The van der Waals surface area contributed by atoms with Gasteiger partial charge in [0.2, 0.25) is 5.91 Å². The van der Waals surface area contributed by atoms with Crippen molar-refractivity contribution in [2.45, 2.75) is 11.8 Å². The third-order valence-corrected chi connectivity index (χ3v) is 6.55. The van der Waals surface area contributed by atoms with E-state index in [0.717, 1.165) is 9.87 Å². The first kappa shape index (κ1) is 22.7. The molecule has 0 unspecified atom stereocenters. The van der Waals surface area contributed by atoms with Crippen LogP contribution in [0.3, 0.4) is 0 Å². The van der Waals surface area contributed by atoms with Gasteiger partial charge in [0.1, 0.15) is 18.9 Å². The molecule has 0 fully saturated rings. The number of aryl methyl sites for hydroxylation is 1. The lowest BCUT2D eigenvalue weighted by atomic mass is 10.2. The minimum absolute atomic E-state index is 0.0745. The molecule has 0 bridgehead atoms. The summed E-state index contributed by atoms with van der Waals surface area (Å²) in [6, 6.07) is 22.0. The Labute approximate surface area is 187 Å². The van der Waals surface area contributed by atoms with Crippen LogP contribution in [0.2, 0.25) is 5.02 Å². The lowest BCUT2D eigenvalue weighted by Crippen LogP contribution is -2.42. The smallest absolute Gasteiger partial charge is 0.264 e. The zero-order chi connectivity index (χ0) is 22.3. The molecule has 0 saturated carbocycles. The molecule has 0 aliphatic carbocycles. The quantitative estimate of drug-likeness (QED) is 0.491. The molecule has 162 valence electrons. The van der Waals surface area contributed by atoms with Crippen LogP contribution in [0.15, 0.2) is 83.8 Å². The Morgan fingerprint density at radius 3 is 2.29 bits per heavy atom. The third-order valence-electron chi connectivity index (χ3n) is 4.45. The monoisotopic (exact) mass is 458 g/mol. The molecule has 0 radical (unpaired) electrons. The summed E-state index contributed by atoms with van der Waals surface area (Å²) in [4.78, 5) is 12.6. The maximum Gasteiger partial charge on any atom is 0.264 e. The number of sulfonamides is 1. The molecule has 31 heavy (non-hydrogen) atoms. The van der Waals surface area contributed by atoms with Crippen LogP contribution in [-0.4, -0.2) is 34.0 Å².